The molecule has 2 aromatic carbocycles. The minimum absolute atomic E-state index is 0.109. The van der Waals surface area contributed by atoms with E-state index in [2.05, 4.69) is 0 Å². The quantitative estimate of drug-likeness (QED) is 0.916. The first kappa shape index (κ1) is 12.7. The summed E-state index contributed by atoms with van der Waals surface area (Å²) in [6, 6.07) is 12.4. The molecule has 0 saturated carbocycles. The summed E-state index contributed by atoms with van der Waals surface area (Å²) in [5.74, 6) is 1.73. The Kier molecular flexibility index (Phi) is 4.07. The third kappa shape index (κ3) is 2.75. The third-order valence-electron chi connectivity index (χ3n) is 2.49. The Morgan fingerprint density at radius 3 is 2.44 bits per heavy atom. The standard InChI is InChI=1S/C14H13ClO3/c1-17-12-4-2-3-5-13(12)18-14-8-11(15)7-6-10(14)9-16/h2-8,16H,9H2,1H3. The second-order valence-electron chi connectivity index (χ2n) is 3.66. The predicted molar refractivity (Wildman–Crippen MR) is 70.4 cm³/mol. The van der Waals surface area contributed by atoms with E-state index in [9.17, 15) is 5.11 Å². The van der Waals surface area contributed by atoms with Gasteiger partial charge in [-0.3, -0.25) is 0 Å². The van der Waals surface area contributed by atoms with Crippen molar-refractivity contribution in [1.29, 1.82) is 0 Å². The van der Waals surface area contributed by atoms with Gasteiger partial charge in [-0.15, -0.1) is 0 Å². The van der Waals surface area contributed by atoms with Crippen molar-refractivity contribution in [3.63, 3.8) is 0 Å². The van der Waals surface area contributed by atoms with Crippen LogP contribution < -0.4 is 9.47 Å². The van der Waals surface area contributed by atoms with Crippen molar-refractivity contribution in [3.8, 4) is 17.2 Å². The second kappa shape index (κ2) is 5.76. The number of rotatable bonds is 4. The van der Waals surface area contributed by atoms with Gasteiger partial charge in [-0.25, -0.2) is 0 Å². The van der Waals surface area contributed by atoms with Crippen molar-refractivity contribution in [1.82, 2.24) is 0 Å². The van der Waals surface area contributed by atoms with E-state index in [1.165, 1.54) is 0 Å². The molecule has 0 atom stereocenters. The Bertz CT molecular complexity index is 540. The van der Waals surface area contributed by atoms with Crippen LogP contribution in [0.5, 0.6) is 17.2 Å². The molecule has 18 heavy (non-hydrogen) atoms. The van der Waals surface area contributed by atoms with Gasteiger partial charge in [0, 0.05) is 10.6 Å². The average Bonchev–Trinajstić information content (AvgIpc) is 2.40. The fourth-order valence-corrected chi connectivity index (χ4v) is 1.74. The van der Waals surface area contributed by atoms with Gasteiger partial charge in [0.1, 0.15) is 5.75 Å². The Labute approximate surface area is 111 Å². The number of halogens is 1. The number of benzene rings is 2. The molecule has 2 aromatic rings. The zero-order valence-electron chi connectivity index (χ0n) is 9.89. The lowest BCUT2D eigenvalue weighted by atomic mass is 10.2. The largest absolute Gasteiger partial charge is 0.493 e. The van der Waals surface area contributed by atoms with Crippen LogP contribution in [0.4, 0.5) is 0 Å². The Morgan fingerprint density at radius 2 is 1.78 bits per heavy atom. The molecule has 0 bridgehead atoms. The molecule has 94 valence electrons. The van der Waals surface area contributed by atoms with E-state index in [0.717, 1.165) is 0 Å². The highest BCUT2D eigenvalue weighted by molar-refractivity contribution is 6.30. The Balaban J connectivity index is 2.36. The highest BCUT2D eigenvalue weighted by Crippen LogP contribution is 2.34. The van der Waals surface area contributed by atoms with Crippen LogP contribution in [0.2, 0.25) is 5.02 Å². The van der Waals surface area contributed by atoms with Gasteiger partial charge in [-0.2, -0.15) is 0 Å². The van der Waals surface area contributed by atoms with Gasteiger partial charge in [0.25, 0.3) is 0 Å². The van der Waals surface area contributed by atoms with Crippen molar-refractivity contribution in [2.45, 2.75) is 6.61 Å². The van der Waals surface area contributed by atoms with E-state index < -0.39 is 0 Å². The first-order chi connectivity index (χ1) is 8.74. The molecule has 0 saturated heterocycles. The maximum absolute atomic E-state index is 9.26. The molecule has 0 radical (unpaired) electrons. The summed E-state index contributed by atoms with van der Waals surface area (Å²) >= 11 is 5.92. The zero-order valence-corrected chi connectivity index (χ0v) is 10.6. The number of methoxy groups -OCH3 is 1. The van der Waals surface area contributed by atoms with Crippen molar-refractivity contribution in [2.24, 2.45) is 0 Å². The van der Waals surface area contributed by atoms with Crippen LogP contribution in [-0.2, 0) is 6.61 Å². The number of aliphatic hydroxyl groups is 1. The minimum atomic E-state index is -0.109. The maximum atomic E-state index is 9.26. The lowest BCUT2D eigenvalue weighted by Gasteiger charge is -2.12. The normalized spacial score (nSPS) is 10.2. The van der Waals surface area contributed by atoms with Crippen molar-refractivity contribution < 1.29 is 14.6 Å². The SMILES string of the molecule is COc1ccccc1Oc1cc(Cl)ccc1CO. The smallest absolute Gasteiger partial charge is 0.169 e. The van der Waals surface area contributed by atoms with Crippen molar-refractivity contribution in [3.05, 3.63) is 53.1 Å². The number of hydrogen-bond acceptors (Lipinski definition) is 3. The Morgan fingerprint density at radius 1 is 1.06 bits per heavy atom. The molecule has 0 amide bonds. The summed E-state index contributed by atoms with van der Waals surface area (Å²) in [5, 5.41) is 9.81. The summed E-state index contributed by atoms with van der Waals surface area (Å²) in [6.07, 6.45) is 0. The molecule has 3 nitrogen and oxygen atoms in total. The van der Waals surface area contributed by atoms with Crippen LogP contribution in [0.25, 0.3) is 0 Å². The van der Waals surface area contributed by atoms with Gasteiger partial charge in [0.2, 0.25) is 0 Å². The molecule has 0 unspecified atom stereocenters. The molecule has 2 rings (SSSR count). The first-order valence-electron chi connectivity index (χ1n) is 5.44. The van der Waals surface area contributed by atoms with Gasteiger partial charge in [0.05, 0.1) is 13.7 Å². The van der Waals surface area contributed by atoms with E-state index in [0.29, 0.717) is 27.8 Å². The second-order valence-corrected chi connectivity index (χ2v) is 4.10. The van der Waals surface area contributed by atoms with E-state index in [1.807, 2.05) is 12.1 Å². The molecule has 0 aromatic heterocycles. The number of hydrogen-bond donors (Lipinski definition) is 1. The van der Waals surface area contributed by atoms with E-state index in [1.54, 1.807) is 37.4 Å². The number of para-hydroxylation sites is 2. The van der Waals surface area contributed by atoms with Crippen LogP contribution >= 0.6 is 11.6 Å². The highest BCUT2D eigenvalue weighted by atomic mass is 35.5. The minimum Gasteiger partial charge on any atom is -0.493 e. The topological polar surface area (TPSA) is 38.7 Å². The molecular weight excluding hydrogens is 252 g/mol. The molecular formula is C14H13ClO3. The summed E-state index contributed by atoms with van der Waals surface area (Å²) < 4.78 is 10.9. The summed E-state index contributed by atoms with van der Waals surface area (Å²) in [5.41, 5.74) is 0.672. The van der Waals surface area contributed by atoms with Gasteiger partial charge < -0.3 is 14.6 Å². The molecule has 0 heterocycles. The van der Waals surface area contributed by atoms with Gasteiger partial charge in [0.15, 0.2) is 11.5 Å². The monoisotopic (exact) mass is 264 g/mol. The van der Waals surface area contributed by atoms with E-state index >= 15 is 0 Å². The molecule has 0 aliphatic carbocycles. The molecule has 4 heteroatoms. The van der Waals surface area contributed by atoms with Crippen LogP contribution in [-0.4, -0.2) is 12.2 Å². The molecule has 0 spiro atoms. The predicted octanol–water partition coefficient (Wildman–Crippen LogP) is 3.63. The van der Waals surface area contributed by atoms with Gasteiger partial charge in [-0.1, -0.05) is 29.8 Å². The van der Waals surface area contributed by atoms with Crippen molar-refractivity contribution in [2.75, 3.05) is 7.11 Å². The molecule has 0 fully saturated rings. The highest BCUT2D eigenvalue weighted by Gasteiger charge is 2.08. The van der Waals surface area contributed by atoms with E-state index in [-0.39, 0.29) is 6.61 Å². The van der Waals surface area contributed by atoms with Gasteiger partial charge >= 0.3 is 0 Å². The summed E-state index contributed by atoms with van der Waals surface area (Å²) in [7, 11) is 1.58. The van der Waals surface area contributed by atoms with Crippen molar-refractivity contribution >= 4 is 11.6 Å². The van der Waals surface area contributed by atoms with Crippen LogP contribution in [0.15, 0.2) is 42.5 Å². The number of ether oxygens (including phenoxy) is 2. The van der Waals surface area contributed by atoms with Gasteiger partial charge in [-0.05, 0) is 24.3 Å². The average molecular weight is 265 g/mol. The summed E-state index contributed by atoms with van der Waals surface area (Å²) in [4.78, 5) is 0. The molecule has 1 N–H and O–H groups in total. The zero-order chi connectivity index (χ0) is 13.0. The fraction of sp³-hybridized carbons (Fsp3) is 0.143. The lowest BCUT2D eigenvalue weighted by molar-refractivity contribution is 0.275. The van der Waals surface area contributed by atoms with Crippen LogP contribution in [0, 0.1) is 0 Å². The lowest BCUT2D eigenvalue weighted by Crippen LogP contribution is -1.94. The van der Waals surface area contributed by atoms with Crippen LogP contribution in [0.3, 0.4) is 0 Å². The number of aliphatic hydroxyl groups excluding tert-OH is 1. The third-order valence-corrected chi connectivity index (χ3v) is 2.72. The van der Waals surface area contributed by atoms with E-state index in [4.69, 9.17) is 21.1 Å². The first-order valence-corrected chi connectivity index (χ1v) is 5.82. The van der Waals surface area contributed by atoms with Crippen LogP contribution in [0.1, 0.15) is 5.56 Å². The fourth-order valence-electron chi connectivity index (χ4n) is 1.58. The maximum Gasteiger partial charge on any atom is 0.169 e. The molecule has 0 aliphatic rings. The summed E-state index contributed by atoms with van der Waals surface area (Å²) in [6.45, 7) is -0.109. The molecule has 0 aliphatic heterocycles. The Hall–Kier alpha value is -1.71.